The fourth-order valence-electron chi connectivity index (χ4n) is 2.65. The molecule has 0 heterocycles. The highest BCUT2D eigenvalue weighted by Crippen LogP contribution is 2.23. The summed E-state index contributed by atoms with van der Waals surface area (Å²) in [6.45, 7) is 0. The van der Waals surface area contributed by atoms with E-state index in [0.29, 0.717) is 12.2 Å². The van der Waals surface area contributed by atoms with Gasteiger partial charge in [0.2, 0.25) is 6.10 Å². The zero-order chi connectivity index (χ0) is 18.2. The van der Waals surface area contributed by atoms with E-state index in [1.165, 1.54) is 0 Å². The summed E-state index contributed by atoms with van der Waals surface area (Å²) in [4.78, 5) is 11.6. The molecule has 3 aromatic carbocycles. The van der Waals surface area contributed by atoms with Crippen LogP contribution in [-0.2, 0) is 11.2 Å². The van der Waals surface area contributed by atoms with Gasteiger partial charge in [-0.1, -0.05) is 84.9 Å². The van der Waals surface area contributed by atoms with Crippen LogP contribution >= 0.6 is 0 Å². The van der Waals surface area contributed by atoms with E-state index in [1.807, 2.05) is 84.9 Å². The van der Waals surface area contributed by atoms with Gasteiger partial charge in [0.05, 0.1) is 0 Å². The normalized spacial score (nSPS) is 12.0. The maximum atomic E-state index is 11.6. The number of carboxylic acid groups (broad SMARTS) is 1. The summed E-state index contributed by atoms with van der Waals surface area (Å²) in [5.74, 6) is -0.437. The number of carboxylic acids is 1. The van der Waals surface area contributed by atoms with E-state index < -0.39 is 12.1 Å². The summed E-state index contributed by atoms with van der Waals surface area (Å²) in [5.41, 5.74) is 3.04. The molecule has 3 rings (SSSR count). The van der Waals surface area contributed by atoms with Crippen LogP contribution in [0.1, 0.15) is 16.7 Å². The second kappa shape index (κ2) is 8.67. The summed E-state index contributed by atoms with van der Waals surface area (Å²) in [5, 5.41) is 9.52. The first-order valence-corrected chi connectivity index (χ1v) is 8.47. The number of hydrogen-bond donors (Lipinski definition) is 1. The molecule has 0 fully saturated rings. The minimum atomic E-state index is -1.05. The Labute approximate surface area is 153 Å². The van der Waals surface area contributed by atoms with Gasteiger partial charge in [-0.2, -0.15) is 0 Å². The van der Waals surface area contributed by atoms with Gasteiger partial charge >= 0.3 is 5.97 Å². The Morgan fingerprint density at radius 1 is 0.885 bits per heavy atom. The van der Waals surface area contributed by atoms with Crippen molar-refractivity contribution in [2.45, 2.75) is 12.5 Å². The Balaban J connectivity index is 1.79. The molecule has 1 N–H and O–H groups in total. The van der Waals surface area contributed by atoms with E-state index in [2.05, 4.69) is 0 Å². The average molecular weight is 344 g/mol. The van der Waals surface area contributed by atoms with Crippen molar-refractivity contribution in [1.29, 1.82) is 0 Å². The predicted octanol–water partition coefficient (Wildman–Crippen LogP) is 4.82. The van der Waals surface area contributed by atoms with Gasteiger partial charge in [0.15, 0.2) is 0 Å². The fourth-order valence-corrected chi connectivity index (χ4v) is 2.65. The SMILES string of the molecule is O=C(O)C(C=Cc1ccccc1)Oc1ccccc1Cc1ccccc1. The highest BCUT2D eigenvalue weighted by atomic mass is 16.5. The van der Waals surface area contributed by atoms with Crippen LogP contribution in [0.25, 0.3) is 6.08 Å². The van der Waals surface area contributed by atoms with Crippen molar-refractivity contribution in [3.05, 3.63) is 108 Å². The predicted molar refractivity (Wildman–Crippen MR) is 103 cm³/mol. The van der Waals surface area contributed by atoms with Crippen molar-refractivity contribution in [3.63, 3.8) is 0 Å². The summed E-state index contributed by atoms with van der Waals surface area (Å²) in [7, 11) is 0. The second-order valence-electron chi connectivity index (χ2n) is 5.92. The van der Waals surface area contributed by atoms with E-state index in [1.54, 1.807) is 12.2 Å². The van der Waals surface area contributed by atoms with Gasteiger partial charge in [0.25, 0.3) is 0 Å². The molecule has 26 heavy (non-hydrogen) atoms. The molecular weight excluding hydrogens is 324 g/mol. The second-order valence-corrected chi connectivity index (χ2v) is 5.92. The third-order valence-corrected chi connectivity index (χ3v) is 3.97. The van der Waals surface area contributed by atoms with Gasteiger partial charge in [-0.15, -0.1) is 0 Å². The lowest BCUT2D eigenvalue weighted by Gasteiger charge is -2.15. The molecular formula is C23H20O3. The first-order valence-electron chi connectivity index (χ1n) is 8.47. The van der Waals surface area contributed by atoms with Crippen molar-refractivity contribution in [3.8, 4) is 5.75 Å². The van der Waals surface area contributed by atoms with E-state index in [9.17, 15) is 9.90 Å². The molecule has 0 saturated carbocycles. The van der Waals surface area contributed by atoms with Gasteiger partial charge in [0.1, 0.15) is 5.75 Å². The zero-order valence-electron chi connectivity index (χ0n) is 14.3. The summed E-state index contributed by atoms with van der Waals surface area (Å²) >= 11 is 0. The highest BCUT2D eigenvalue weighted by Gasteiger charge is 2.17. The Morgan fingerprint density at radius 3 is 2.19 bits per heavy atom. The van der Waals surface area contributed by atoms with E-state index >= 15 is 0 Å². The lowest BCUT2D eigenvalue weighted by atomic mass is 10.0. The molecule has 3 heteroatoms. The smallest absolute Gasteiger partial charge is 0.349 e. The Bertz CT molecular complexity index is 870. The highest BCUT2D eigenvalue weighted by molar-refractivity contribution is 5.77. The number of ether oxygens (including phenoxy) is 1. The minimum Gasteiger partial charge on any atom is -0.478 e. The lowest BCUT2D eigenvalue weighted by molar-refractivity contribution is -0.142. The van der Waals surface area contributed by atoms with Gasteiger partial charge < -0.3 is 9.84 Å². The topological polar surface area (TPSA) is 46.5 Å². The van der Waals surface area contributed by atoms with Crippen LogP contribution in [0.3, 0.4) is 0 Å². The first kappa shape index (κ1) is 17.5. The molecule has 0 aliphatic carbocycles. The standard InChI is InChI=1S/C23H20O3/c24-23(25)22(16-15-18-9-3-1-4-10-18)26-21-14-8-7-13-20(21)17-19-11-5-2-6-12-19/h1-16,22H,17H2,(H,24,25). The number of aliphatic carboxylic acids is 1. The third-order valence-electron chi connectivity index (χ3n) is 3.97. The molecule has 1 unspecified atom stereocenters. The maximum absolute atomic E-state index is 11.6. The first-order chi connectivity index (χ1) is 12.7. The molecule has 3 nitrogen and oxygen atoms in total. The molecule has 1 atom stereocenters. The lowest BCUT2D eigenvalue weighted by Crippen LogP contribution is -2.25. The van der Waals surface area contributed by atoms with E-state index in [-0.39, 0.29) is 0 Å². The molecule has 0 spiro atoms. The maximum Gasteiger partial charge on any atom is 0.349 e. The number of para-hydroxylation sites is 1. The monoisotopic (exact) mass is 344 g/mol. The van der Waals surface area contributed by atoms with Crippen LogP contribution in [0.5, 0.6) is 5.75 Å². The Kier molecular flexibility index (Phi) is 5.84. The van der Waals surface area contributed by atoms with Gasteiger partial charge in [-0.3, -0.25) is 0 Å². The van der Waals surface area contributed by atoms with E-state index in [4.69, 9.17) is 4.74 Å². The number of rotatable bonds is 7. The molecule has 0 amide bonds. The molecule has 0 aromatic heterocycles. The zero-order valence-corrected chi connectivity index (χ0v) is 14.3. The minimum absolute atomic E-state index is 0.585. The Morgan fingerprint density at radius 2 is 1.50 bits per heavy atom. The molecule has 3 aromatic rings. The van der Waals surface area contributed by atoms with Crippen molar-refractivity contribution in [1.82, 2.24) is 0 Å². The van der Waals surface area contributed by atoms with Crippen LogP contribution < -0.4 is 4.74 Å². The van der Waals surface area contributed by atoms with Crippen molar-refractivity contribution in [2.24, 2.45) is 0 Å². The summed E-state index contributed by atoms with van der Waals surface area (Å²) < 4.78 is 5.81. The summed E-state index contributed by atoms with van der Waals surface area (Å²) in [6.07, 6.45) is 2.97. The van der Waals surface area contributed by atoms with E-state index in [0.717, 1.165) is 16.7 Å². The van der Waals surface area contributed by atoms with Crippen molar-refractivity contribution < 1.29 is 14.6 Å². The van der Waals surface area contributed by atoms with Crippen LogP contribution in [0.4, 0.5) is 0 Å². The fraction of sp³-hybridized carbons (Fsp3) is 0.0870. The Hall–Kier alpha value is -3.33. The van der Waals surface area contributed by atoms with Gasteiger partial charge in [0, 0.05) is 6.42 Å². The number of carbonyl (C=O) groups is 1. The quantitative estimate of drug-likeness (QED) is 0.668. The van der Waals surface area contributed by atoms with Crippen molar-refractivity contribution in [2.75, 3.05) is 0 Å². The average Bonchev–Trinajstić information content (AvgIpc) is 2.68. The molecule has 0 aliphatic rings. The number of benzene rings is 3. The largest absolute Gasteiger partial charge is 0.478 e. The van der Waals surface area contributed by atoms with Crippen LogP contribution in [0, 0.1) is 0 Å². The van der Waals surface area contributed by atoms with Crippen LogP contribution in [0.2, 0.25) is 0 Å². The molecule has 0 saturated heterocycles. The molecule has 0 bridgehead atoms. The van der Waals surface area contributed by atoms with Gasteiger partial charge in [-0.05, 0) is 28.8 Å². The van der Waals surface area contributed by atoms with Crippen LogP contribution in [-0.4, -0.2) is 17.2 Å². The molecule has 130 valence electrons. The molecule has 0 radical (unpaired) electrons. The van der Waals surface area contributed by atoms with Crippen LogP contribution in [0.15, 0.2) is 91.0 Å². The summed E-state index contributed by atoms with van der Waals surface area (Å²) in [6, 6.07) is 27.2. The number of hydrogen-bond acceptors (Lipinski definition) is 2. The van der Waals surface area contributed by atoms with Gasteiger partial charge in [-0.25, -0.2) is 4.79 Å². The van der Waals surface area contributed by atoms with Crippen molar-refractivity contribution >= 4 is 12.0 Å². The molecule has 0 aliphatic heterocycles. The third kappa shape index (κ3) is 4.84.